The zero-order valence-electron chi connectivity index (χ0n) is 11.9. The summed E-state index contributed by atoms with van der Waals surface area (Å²) in [6.45, 7) is 5.16. The Morgan fingerprint density at radius 1 is 1.42 bits per heavy atom. The van der Waals surface area contributed by atoms with Gasteiger partial charge in [-0.25, -0.2) is 0 Å². The van der Waals surface area contributed by atoms with Crippen molar-refractivity contribution in [2.45, 2.75) is 31.9 Å². The van der Waals surface area contributed by atoms with Crippen molar-refractivity contribution in [2.24, 2.45) is 0 Å². The van der Waals surface area contributed by atoms with E-state index in [0.29, 0.717) is 0 Å². The molecule has 0 aliphatic carbocycles. The Balaban J connectivity index is 1.88. The van der Waals surface area contributed by atoms with Crippen molar-refractivity contribution >= 4 is 11.6 Å². The molecule has 1 aromatic rings. The predicted octanol–water partition coefficient (Wildman–Crippen LogP) is 1.26. The number of hydrogen-bond donors (Lipinski definition) is 2. The molecule has 1 fully saturated rings. The summed E-state index contributed by atoms with van der Waals surface area (Å²) in [5.74, 6) is 0. The molecule has 1 aliphatic heterocycles. The van der Waals surface area contributed by atoms with Crippen LogP contribution in [0, 0.1) is 6.92 Å². The third-order valence-electron chi connectivity index (χ3n) is 3.71. The predicted molar refractivity (Wildman–Crippen MR) is 76.3 cm³/mol. The molecule has 0 atom stereocenters. The highest BCUT2D eigenvalue weighted by Gasteiger charge is 2.32. The molecule has 19 heavy (non-hydrogen) atoms. The van der Waals surface area contributed by atoms with E-state index in [4.69, 9.17) is 11.6 Å². The Labute approximate surface area is 119 Å². The van der Waals surface area contributed by atoms with Crippen LogP contribution in [0.5, 0.6) is 0 Å². The molecule has 0 radical (unpaired) electrons. The zero-order chi connectivity index (χ0) is 14.0. The fraction of sp³-hybridized carbons (Fsp3) is 0.769. The molecule has 108 valence electrons. The minimum Gasteiger partial charge on any atom is -0.388 e. The van der Waals surface area contributed by atoms with Crippen molar-refractivity contribution < 1.29 is 5.11 Å². The summed E-state index contributed by atoms with van der Waals surface area (Å²) < 4.78 is 0. The number of aromatic nitrogens is 2. The first-order chi connectivity index (χ1) is 8.89. The van der Waals surface area contributed by atoms with E-state index in [0.717, 1.165) is 55.4 Å². The van der Waals surface area contributed by atoms with Gasteiger partial charge in [0.15, 0.2) is 0 Å². The number of hydrogen-bond acceptors (Lipinski definition) is 4. The largest absolute Gasteiger partial charge is 0.388 e. The third-order valence-corrected chi connectivity index (χ3v) is 4.21. The molecule has 0 saturated carbocycles. The second-order valence-electron chi connectivity index (χ2n) is 5.85. The first-order valence-corrected chi connectivity index (χ1v) is 7.06. The highest BCUT2D eigenvalue weighted by Crippen LogP contribution is 2.25. The van der Waals surface area contributed by atoms with Gasteiger partial charge in [0.2, 0.25) is 0 Å². The maximum absolute atomic E-state index is 10.5. The van der Waals surface area contributed by atoms with Crippen LogP contribution in [-0.4, -0.2) is 64.4 Å². The number of likely N-dealkylation sites (N-methyl/N-ethyl adjacent to an activating group) is 1. The molecule has 0 spiro atoms. The molecule has 1 saturated heterocycles. The lowest BCUT2D eigenvalue weighted by molar-refractivity contribution is -0.0390. The van der Waals surface area contributed by atoms with Crippen LogP contribution in [0.2, 0.25) is 5.02 Å². The average molecular weight is 287 g/mol. The van der Waals surface area contributed by atoms with Crippen LogP contribution in [0.4, 0.5) is 0 Å². The van der Waals surface area contributed by atoms with Crippen molar-refractivity contribution in [3.63, 3.8) is 0 Å². The van der Waals surface area contributed by atoms with E-state index in [2.05, 4.69) is 15.1 Å². The number of aryl methyl sites for hydroxylation is 1. The van der Waals surface area contributed by atoms with E-state index in [1.165, 1.54) is 0 Å². The Morgan fingerprint density at radius 3 is 2.53 bits per heavy atom. The summed E-state index contributed by atoms with van der Waals surface area (Å²) in [6.07, 6.45) is 1.60. The third kappa shape index (κ3) is 3.69. The molecular formula is C13H23ClN4O. The van der Waals surface area contributed by atoms with Crippen LogP contribution >= 0.6 is 11.6 Å². The molecule has 0 unspecified atom stereocenters. The fourth-order valence-electron chi connectivity index (χ4n) is 2.66. The van der Waals surface area contributed by atoms with Gasteiger partial charge in [0.05, 0.1) is 22.0 Å². The standard InChI is InChI=1S/C13H23ClN4O/c1-10-12(14)11(16-15-10)8-18-6-4-13(19,5-7-18)9-17(2)3/h19H,4-9H2,1-3H3,(H,15,16). The number of nitrogens with zero attached hydrogens (tertiary/aromatic N) is 3. The van der Waals surface area contributed by atoms with Gasteiger partial charge in [-0.2, -0.15) is 5.10 Å². The van der Waals surface area contributed by atoms with E-state index in [-0.39, 0.29) is 0 Å². The minimum atomic E-state index is -0.550. The minimum absolute atomic E-state index is 0.550. The molecule has 2 N–H and O–H groups in total. The van der Waals surface area contributed by atoms with Gasteiger partial charge in [-0.15, -0.1) is 0 Å². The summed E-state index contributed by atoms with van der Waals surface area (Å²) >= 11 is 6.18. The van der Waals surface area contributed by atoms with Crippen LogP contribution in [-0.2, 0) is 6.54 Å². The van der Waals surface area contributed by atoms with Crippen LogP contribution in [0.25, 0.3) is 0 Å². The van der Waals surface area contributed by atoms with Crippen molar-refractivity contribution in [3.8, 4) is 0 Å². The van der Waals surface area contributed by atoms with Gasteiger partial charge >= 0.3 is 0 Å². The molecule has 0 aromatic carbocycles. The monoisotopic (exact) mass is 286 g/mol. The Hall–Kier alpha value is -0.620. The molecule has 2 rings (SSSR count). The van der Waals surface area contributed by atoms with Gasteiger partial charge in [0.1, 0.15) is 0 Å². The first kappa shape index (κ1) is 14.8. The van der Waals surface area contributed by atoms with Crippen LogP contribution < -0.4 is 0 Å². The van der Waals surface area contributed by atoms with Crippen molar-refractivity contribution in [1.82, 2.24) is 20.0 Å². The number of aromatic amines is 1. The lowest BCUT2D eigenvalue weighted by Crippen LogP contribution is -2.49. The summed E-state index contributed by atoms with van der Waals surface area (Å²) in [5.41, 5.74) is 1.26. The zero-order valence-corrected chi connectivity index (χ0v) is 12.7. The Morgan fingerprint density at radius 2 is 2.05 bits per heavy atom. The quantitative estimate of drug-likeness (QED) is 0.875. The molecule has 1 aromatic heterocycles. The van der Waals surface area contributed by atoms with E-state index >= 15 is 0 Å². The first-order valence-electron chi connectivity index (χ1n) is 6.68. The van der Waals surface area contributed by atoms with E-state index in [1.807, 2.05) is 25.9 Å². The van der Waals surface area contributed by atoms with E-state index in [9.17, 15) is 5.11 Å². The molecular weight excluding hydrogens is 264 g/mol. The molecule has 2 heterocycles. The molecule has 1 aliphatic rings. The van der Waals surface area contributed by atoms with Crippen molar-refractivity contribution in [3.05, 3.63) is 16.4 Å². The normalized spacial score (nSPS) is 20.1. The molecule has 6 heteroatoms. The smallest absolute Gasteiger partial charge is 0.0951 e. The van der Waals surface area contributed by atoms with Crippen molar-refractivity contribution in [1.29, 1.82) is 0 Å². The van der Waals surface area contributed by atoms with Gasteiger partial charge in [-0.1, -0.05) is 11.6 Å². The lowest BCUT2D eigenvalue weighted by Gasteiger charge is -2.39. The van der Waals surface area contributed by atoms with Gasteiger partial charge in [-0.05, 0) is 33.9 Å². The van der Waals surface area contributed by atoms with Gasteiger partial charge in [0.25, 0.3) is 0 Å². The highest BCUT2D eigenvalue weighted by molar-refractivity contribution is 6.31. The second-order valence-corrected chi connectivity index (χ2v) is 6.23. The lowest BCUT2D eigenvalue weighted by atomic mass is 9.91. The number of halogens is 1. The number of nitrogens with one attached hydrogen (secondary N) is 1. The van der Waals surface area contributed by atoms with Gasteiger partial charge in [-0.3, -0.25) is 10.00 Å². The fourth-order valence-corrected chi connectivity index (χ4v) is 2.80. The number of H-pyrrole nitrogens is 1. The number of rotatable bonds is 4. The Bertz CT molecular complexity index is 424. The number of piperidine rings is 1. The van der Waals surface area contributed by atoms with E-state index in [1.54, 1.807) is 0 Å². The Kier molecular flexibility index (Phi) is 4.50. The maximum atomic E-state index is 10.5. The van der Waals surface area contributed by atoms with Crippen LogP contribution in [0.1, 0.15) is 24.2 Å². The summed E-state index contributed by atoms with van der Waals surface area (Å²) in [7, 11) is 3.99. The molecule has 5 nitrogen and oxygen atoms in total. The maximum Gasteiger partial charge on any atom is 0.0951 e. The molecule has 0 bridgehead atoms. The van der Waals surface area contributed by atoms with Gasteiger partial charge < -0.3 is 10.0 Å². The van der Waals surface area contributed by atoms with Gasteiger partial charge in [0, 0.05) is 26.2 Å². The molecule has 0 amide bonds. The van der Waals surface area contributed by atoms with Crippen LogP contribution in [0.3, 0.4) is 0 Å². The average Bonchev–Trinajstić information content (AvgIpc) is 2.63. The summed E-state index contributed by atoms with van der Waals surface area (Å²) in [4.78, 5) is 4.34. The van der Waals surface area contributed by atoms with Crippen molar-refractivity contribution in [2.75, 3.05) is 33.7 Å². The number of aliphatic hydroxyl groups is 1. The summed E-state index contributed by atoms with van der Waals surface area (Å²) in [5, 5.41) is 18.3. The topological polar surface area (TPSA) is 55.4 Å². The SMILES string of the molecule is Cc1[nH]nc(CN2CCC(O)(CN(C)C)CC2)c1Cl. The van der Waals surface area contributed by atoms with Crippen LogP contribution in [0.15, 0.2) is 0 Å². The number of likely N-dealkylation sites (tertiary alicyclic amines) is 1. The summed E-state index contributed by atoms with van der Waals surface area (Å²) in [6, 6.07) is 0. The van der Waals surface area contributed by atoms with E-state index < -0.39 is 5.60 Å². The second kappa shape index (κ2) is 5.79. The highest BCUT2D eigenvalue weighted by atomic mass is 35.5.